The molecule has 0 unspecified atom stereocenters. The highest BCUT2D eigenvalue weighted by Gasteiger charge is 2.05. The topological polar surface area (TPSA) is 70.2 Å². The van der Waals surface area contributed by atoms with E-state index in [9.17, 15) is 9.59 Å². The molecule has 1 aromatic carbocycles. The van der Waals surface area contributed by atoms with Gasteiger partial charge in [-0.15, -0.1) is 0 Å². The summed E-state index contributed by atoms with van der Waals surface area (Å²) in [6.07, 6.45) is 1.40. The highest BCUT2D eigenvalue weighted by Crippen LogP contribution is 2.14. The van der Waals surface area contributed by atoms with E-state index >= 15 is 0 Å². The third-order valence-electron chi connectivity index (χ3n) is 2.56. The first kappa shape index (κ1) is 16.0. The highest BCUT2D eigenvalue weighted by atomic mass is 16.2. The van der Waals surface area contributed by atoms with Gasteiger partial charge in [0, 0.05) is 24.3 Å². The molecule has 0 aromatic heterocycles. The van der Waals surface area contributed by atoms with Crippen LogP contribution in [0.3, 0.4) is 0 Å². The maximum atomic E-state index is 11.6. The van der Waals surface area contributed by atoms with Gasteiger partial charge in [-0.3, -0.25) is 4.79 Å². The molecule has 0 saturated carbocycles. The van der Waals surface area contributed by atoms with Crippen LogP contribution >= 0.6 is 0 Å². The summed E-state index contributed by atoms with van der Waals surface area (Å²) < 4.78 is 0. The quantitative estimate of drug-likeness (QED) is 0.747. The lowest BCUT2D eigenvalue weighted by atomic mass is 10.1. The third kappa shape index (κ3) is 6.22. The van der Waals surface area contributed by atoms with E-state index in [1.165, 1.54) is 0 Å². The smallest absolute Gasteiger partial charge is 0.319 e. The van der Waals surface area contributed by atoms with Crippen molar-refractivity contribution in [3.05, 3.63) is 24.3 Å². The van der Waals surface area contributed by atoms with E-state index < -0.39 is 0 Å². The number of anilines is 2. The largest absolute Gasteiger partial charge is 0.338 e. The number of amides is 3. The van der Waals surface area contributed by atoms with Crippen molar-refractivity contribution in [2.24, 2.45) is 5.92 Å². The van der Waals surface area contributed by atoms with Gasteiger partial charge in [-0.2, -0.15) is 0 Å². The second kappa shape index (κ2) is 8.19. The Labute approximate surface area is 120 Å². The SMILES string of the molecule is CCCNC(=O)Nc1ccc(NC(=O)CC(C)C)cc1. The molecule has 0 aliphatic rings. The first-order chi connectivity index (χ1) is 9.51. The van der Waals surface area contributed by atoms with Crippen LogP contribution in [0.2, 0.25) is 0 Å². The Bertz CT molecular complexity index is 441. The molecule has 0 heterocycles. The van der Waals surface area contributed by atoms with Crippen molar-refractivity contribution >= 4 is 23.3 Å². The van der Waals surface area contributed by atoms with Gasteiger partial charge >= 0.3 is 6.03 Å². The lowest BCUT2D eigenvalue weighted by Crippen LogP contribution is -2.29. The summed E-state index contributed by atoms with van der Waals surface area (Å²) in [7, 11) is 0. The minimum Gasteiger partial charge on any atom is -0.338 e. The minimum atomic E-state index is -0.219. The summed E-state index contributed by atoms with van der Waals surface area (Å²) in [6.45, 7) is 6.65. The molecule has 0 bridgehead atoms. The summed E-state index contributed by atoms with van der Waals surface area (Å²) in [5.74, 6) is 0.333. The standard InChI is InChI=1S/C15H23N3O2/c1-4-9-16-15(20)18-13-7-5-12(6-8-13)17-14(19)10-11(2)3/h5-8,11H,4,9-10H2,1-3H3,(H,17,19)(H2,16,18,20). The van der Waals surface area contributed by atoms with E-state index in [1.54, 1.807) is 24.3 Å². The van der Waals surface area contributed by atoms with Gasteiger partial charge in [0.2, 0.25) is 5.91 Å². The van der Waals surface area contributed by atoms with E-state index in [4.69, 9.17) is 0 Å². The minimum absolute atomic E-state index is 0.00129. The molecular formula is C15H23N3O2. The van der Waals surface area contributed by atoms with Crippen LogP contribution in [0.15, 0.2) is 24.3 Å². The average Bonchev–Trinajstić information content (AvgIpc) is 2.37. The first-order valence-electron chi connectivity index (χ1n) is 6.96. The fourth-order valence-corrected chi connectivity index (χ4v) is 1.63. The van der Waals surface area contributed by atoms with Crippen molar-refractivity contribution in [2.75, 3.05) is 17.2 Å². The molecule has 5 nitrogen and oxygen atoms in total. The maximum absolute atomic E-state index is 11.6. The number of carbonyl (C=O) groups is 2. The Morgan fingerprint density at radius 2 is 1.60 bits per heavy atom. The molecule has 3 N–H and O–H groups in total. The highest BCUT2D eigenvalue weighted by molar-refractivity contribution is 5.92. The number of urea groups is 1. The van der Waals surface area contributed by atoms with Gasteiger partial charge in [0.25, 0.3) is 0 Å². The Balaban J connectivity index is 2.47. The van der Waals surface area contributed by atoms with Crippen LogP contribution < -0.4 is 16.0 Å². The van der Waals surface area contributed by atoms with Gasteiger partial charge in [-0.05, 0) is 36.6 Å². The van der Waals surface area contributed by atoms with Crippen molar-refractivity contribution < 1.29 is 9.59 Å². The Hall–Kier alpha value is -2.04. The van der Waals surface area contributed by atoms with Gasteiger partial charge in [0.1, 0.15) is 0 Å². The fourth-order valence-electron chi connectivity index (χ4n) is 1.63. The third-order valence-corrected chi connectivity index (χ3v) is 2.56. The van der Waals surface area contributed by atoms with Gasteiger partial charge in [-0.25, -0.2) is 4.79 Å². The van der Waals surface area contributed by atoms with E-state index in [0.717, 1.165) is 12.1 Å². The Morgan fingerprint density at radius 3 is 2.10 bits per heavy atom. The molecular weight excluding hydrogens is 254 g/mol. The summed E-state index contributed by atoms with van der Waals surface area (Å²) in [4.78, 5) is 23.1. The Kier molecular flexibility index (Phi) is 6.56. The lowest BCUT2D eigenvalue weighted by molar-refractivity contribution is -0.116. The van der Waals surface area contributed by atoms with Crippen molar-refractivity contribution in [1.82, 2.24) is 5.32 Å². The van der Waals surface area contributed by atoms with Crippen LogP contribution in [0.4, 0.5) is 16.2 Å². The molecule has 0 saturated heterocycles. The lowest BCUT2D eigenvalue weighted by Gasteiger charge is -2.09. The second-order valence-electron chi connectivity index (χ2n) is 5.10. The summed E-state index contributed by atoms with van der Waals surface area (Å²) in [5.41, 5.74) is 1.43. The predicted octanol–water partition coefficient (Wildman–Crippen LogP) is 3.20. The van der Waals surface area contributed by atoms with Crippen molar-refractivity contribution in [2.45, 2.75) is 33.6 Å². The first-order valence-corrected chi connectivity index (χ1v) is 6.96. The summed E-state index contributed by atoms with van der Waals surface area (Å²) in [6, 6.07) is 6.84. The molecule has 0 aliphatic heterocycles. The van der Waals surface area contributed by atoms with Crippen molar-refractivity contribution in [3.63, 3.8) is 0 Å². The molecule has 0 fully saturated rings. The molecule has 1 aromatic rings. The molecule has 1 rings (SSSR count). The summed E-state index contributed by atoms with van der Waals surface area (Å²) >= 11 is 0. The molecule has 0 aliphatic carbocycles. The number of carbonyl (C=O) groups excluding carboxylic acids is 2. The van der Waals surface area contributed by atoms with Crippen molar-refractivity contribution in [1.29, 1.82) is 0 Å². The predicted molar refractivity (Wildman–Crippen MR) is 81.8 cm³/mol. The second-order valence-corrected chi connectivity index (χ2v) is 5.10. The molecule has 5 heteroatoms. The van der Waals surface area contributed by atoms with Crippen LogP contribution in [0, 0.1) is 5.92 Å². The van der Waals surface area contributed by atoms with Crippen LogP contribution in [-0.4, -0.2) is 18.5 Å². The van der Waals surface area contributed by atoms with E-state index in [2.05, 4.69) is 16.0 Å². The monoisotopic (exact) mass is 277 g/mol. The maximum Gasteiger partial charge on any atom is 0.319 e. The normalized spacial score (nSPS) is 10.2. The van der Waals surface area contributed by atoms with Crippen LogP contribution in [0.1, 0.15) is 33.6 Å². The van der Waals surface area contributed by atoms with Crippen LogP contribution in [0.25, 0.3) is 0 Å². The van der Waals surface area contributed by atoms with E-state index in [1.807, 2.05) is 20.8 Å². The number of hydrogen-bond acceptors (Lipinski definition) is 2. The number of nitrogens with one attached hydrogen (secondary N) is 3. The molecule has 0 radical (unpaired) electrons. The van der Waals surface area contributed by atoms with Gasteiger partial charge in [-0.1, -0.05) is 20.8 Å². The molecule has 110 valence electrons. The van der Waals surface area contributed by atoms with Crippen LogP contribution in [0.5, 0.6) is 0 Å². The van der Waals surface area contributed by atoms with Gasteiger partial charge in [0.15, 0.2) is 0 Å². The fraction of sp³-hybridized carbons (Fsp3) is 0.467. The molecule has 0 spiro atoms. The summed E-state index contributed by atoms with van der Waals surface area (Å²) in [5, 5.41) is 8.28. The van der Waals surface area contributed by atoms with Crippen LogP contribution in [-0.2, 0) is 4.79 Å². The van der Waals surface area contributed by atoms with Gasteiger partial charge < -0.3 is 16.0 Å². The van der Waals surface area contributed by atoms with Crippen molar-refractivity contribution in [3.8, 4) is 0 Å². The van der Waals surface area contributed by atoms with E-state index in [-0.39, 0.29) is 11.9 Å². The molecule has 3 amide bonds. The molecule has 0 atom stereocenters. The molecule has 20 heavy (non-hydrogen) atoms. The number of hydrogen-bond donors (Lipinski definition) is 3. The van der Waals surface area contributed by atoms with E-state index in [0.29, 0.717) is 24.6 Å². The van der Waals surface area contributed by atoms with Gasteiger partial charge in [0.05, 0.1) is 0 Å². The zero-order valence-corrected chi connectivity index (χ0v) is 12.3. The average molecular weight is 277 g/mol. The zero-order chi connectivity index (χ0) is 15.0. The zero-order valence-electron chi connectivity index (χ0n) is 12.3. The Morgan fingerprint density at radius 1 is 1.05 bits per heavy atom. The number of rotatable bonds is 6. The number of benzene rings is 1.